The Labute approximate surface area is 128 Å². The van der Waals surface area contributed by atoms with Gasteiger partial charge < -0.3 is 9.42 Å². The third kappa shape index (κ3) is 2.75. The van der Waals surface area contributed by atoms with Gasteiger partial charge >= 0.3 is 0 Å². The molecule has 2 heterocycles. The molecule has 22 heavy (non-hydrogen) atoms. The Balaban J connectivity index is 1.94. The third-order valence-corrected chi connectivity index (χ3v) is 4.25. The Morgan fingerprint density at radius 1 is 1.36 bits per heavy atom. The lowest BCUT2D eigenvalue weighted by molar-refractivity contribution is 0.0696. The number of rotatable bonds is 2. The van der Waals surface area contributed by atoms with E-state index in [9.17, 15) is 9.18 Å². The normalized spacial score (nSPS) is 16.0. The molecule has 0 atom stereocenters. The Hall–Kier alpha value is -2.17. The number of halogens is 1. The van der Waals surface area contributed by atoms with Crippen LogP contribution in [0.2, 0.25) is 0 Å². The molecule has 1 aromatic heterocycles. The number of hydrogen-bond acceptors (Lipinski definition) is 3. The second kappa shape index (κ2) is 5.91. The molecule has 1 fully saturated rings. The highest BCUT2D eigenvalue weighted by Crippen LogP contribution is 2.28. The number of likely N-dealkylation sites (tertiary alicyclic amines) is 1. The van der Waals surface area contributed by atoms with Gasteiger partial charge in [0.15, 0.2) is 0 Å². The molecular weight excluding hydrogens is 283 g/mol. The van der Waals surface area contributed by atoms with Gasteiger partial charge in [0.05, 0.1) is 0 Å². The lowest BCUT2D eigenvalue weighted by atomic mass is 9.98. The maximum atomic E-state index is 13.4. The van der Waals surface area contributed by atoms with Crippen molar-refractivity contribution in [3.8, 4) is 11.3 Å². The van der Waals surface area contributed by atoms with Gasteiger partial charge in [-0.3, -0.25) is 4.79 Å². The molecule has 1 saturated heterocycles. The highest BCUT2D eigenvalue weighted by atomic mass is 19.1. The second-order valence-electron chi connectivity index (χ2n) is 5.95. The first-order valence-electron chi connectivity index (χ1n) is 7.57. The highest BCUT2D eigenvalue weighted by Gasteiger charge is 2.28. The molecule has 1 amide bonds. The molecule has 5 heteroatoms. The molecule has 3 rings (SSSR count). The number of nitrogens with zero attached hydrogens (tertiary/aromatic N) is 2. The van der Waals surface area contributed by atoms with Crippen molar-refractivity contribution in [2.24, 2.45) is 5.92 Å². The number of piperidine rings is 1. The minimum Gasteiger partial charge on any atom is -0.360 e. The zero-order valence-corrected chi connectivity index (χ0v) is 12.8. The van der Waals surface area contributed by atoms with Crippen LogP contribution in [0, 0.1) is 18.7 Å². The van der Waals surface area contributed by atoms with Crippen LogP contribution in [0.1, 0.15) is 35.9 Å². The summed E-state index contributed by atoms with van der Waals surface area (Å²) < 4.78 is 18.6. The minimum absolute atomic E-state index is 0.0788. The number of benzene rings is 1. The van der Waals surface area contributed by atoms with Gasteiger partial charge in [-0.25, -0.2) is 4.39 Å². The van der Waals surface area contributed by atoms with Crippen LogP contribution in [-0.4, -0.2) is 29.1 Å². The number of aryl methyl sites for hydroxylation is 1. The molecule has 0 bridgehead atoms. The van der Waals surface area contributed by atoms with E-state index in [4.69, 9.17) is 4.52 Å². The Morgan fingerprint density at radius 3 is 2.77 bits per heavy atom. The largest absolute Gasteiger partial charge is 0.360 e. The summed E-state index contributed by atoms with van der Waals surface area (Å²) in [5.41, 5.74) is 1.42. The van der Waals surface area contributed by atoms with E-state index in [1.54, 1.807) is 19.1 Å². The fourth-order valence-electron chi connectivity index (χ4n) is 2.83. The SMILES string of the molecule is Cc1onc(-c2cccc(F)c2)c1C(=O)N1CCC(C)CC1. The van der Waals surface area contributed by atoms with Crippen molar-refractivity contribution in [2.75, 3.05) is 13.1 Å². The van der Waals surface area contributed by atoms with E-state index in [1.807, 2.05) is 4.90 Å². The first-order valence-corrected chi connectivity index (χ1v) is 7.57. The van der Waals surface area contributed by atoms with E-state index in [2.05, 4.69) is 12.1 Å². The van der Waals surface area contributed by atoms with Crippen molar-refractivity contribution >= 4 is 5.91 Å². The lowest BCUT2D eigenvalue weighted by Crippen LogP contribution is -2.38. The Morgan fingerprint density at radius 2 is 2.09 bits per heavy atom. The summed E-state index contributed by atoms with van der Waals surface area (Å²) in [6.07, 6.45) is 2.01. The predicted molar refractivity (Wildman–Crippen MR) is 80.9 cm³/mol. The molecule has 2 aromatic rings. The monoisotopic (exact) mass is 302 g/mol. The fourth-order valence-corrected chi connectivity index (χ4v) is 2.83. The molecule has 0 radical (unpaired) electrons. The maximum absolute atomic E-state index is 13.4. The van der Waals surface area contributed by atoms with Gasteiger partial charge in [0, 0.05) is 18.7 Å². The molecule has 0 unspecified atom stereocenters. The van der Waals surface area contributed by atoms with E-state index in [-0.39, 0.29) is 11.7 Å². The van der Waals surface area contributed by atoms with Crippen molar-refractivity contribution in [3.05, 3.63) is 41.4 Å². The third-order valence-electron chi connectivity index (χ3n) is 4.25. The van der Waals surface area contributed by atoms with E-state index in [0.717, 1.165) is 25.9 Å². The quantitative estimate of drug-likeness (QED) is 0.850. The van der Waals surface area contributed by atoms with Gasteiger partial charge in [0.2, 0.25) is 0 Å². The molecule has 0 saturated carbocycles. The number of carbonyl (C=O) groups is 1. The second-order valence-corrected chi connectivity index (χ2v) is 5.95. The van der Waals surface area contributed by atoms with Crippen molar-refractivity contribution in [1.82, 2.24) is 10.1 Å². The van der Waals surface area contributed by atoms with Crippen LogP contribution in [0.4, 0.5) is 4.39 Å². The molecule has 0 N–H and O–H groups in total. The fraction of sp³-hybridized carbons (Fsp3) is 0.412. The zero-order chi connectivity index (χ0) is 15.7. The van der Waals surface area contributed by atoms with Crippen LogP contribution in [0.5, 0.6) is 0 Å². The van der Waals surface area contributed by atoms with Gasteiger partial charge in [-0.1, -0.05) is 24.2 Å². The van der Waals surface area contributed by atoms with E-state index in [0.29, 0.717) is 28.5 Å². The summed E-state index contributed by atoms with van der Waals surface area (Å²) in [4.78, 5) is 14.6. The predicted octanol–water partition coefficient (Wildman–Crippen LogP) is 3.66. The van der Waals surface area contributed by atoms with Gasteiger partial charge in [-0.2, -0.15) is 0 Å². The van der Waals surface area contributed by atoms with Crippen molar-refractivity contribution < 1.29 is 13.7 Å². The summed E-state index contributed by atoms with van der Waals surface area (Å²) in [5, 5.41) is 3.97. The summed E-state index contributed by atoms with van der Waals surface area (Å²) in [6, 6.07) is 6.07. The minimum atomic E-state index is -0.358. The Kier molecular flexibility index (Phi) is 3.96. The van der Waals surface area contributed by atoms with Gasteiger partial charge in [-0.15, -0.1) is 0 Å². The molecule has 1 aliphatic rings. The summed E-state index contributed by atoms with van der Waals surface area (Å²) in [7, 11) is 0. The molecule has 0 spiro atoms. The van der Waals surface area contributed by atoms with Crippen LogP contribution in [0.3, 0.4) is 0 Å². The van der Waals surface area contributed by atoms with Gasteiger partial charge in [0.25, 0.3) is 5.91 Å². The summed E-state index contributed by atoms with van der Waals surface area (Å²) >= 11 is 0. The molecule has 116 valence electrons. The number of amides is 1. The van der Waals surface area contributed by atoms with Gasteiger partial charge in [-0.05, 0) is 37.8 Å². The first kappa shape index (κ1) is 14.8. The highest BCUT2D eigenvalue weighted by molar-refractivity contribution is 6.00. The first-order chi connectivity index (χ1) is 10.6. The average Bonchev–Trinajstić information content (AvgIpc) is 2.89. The Bertz CT molecular complexity index is 688. The van der Waals surface area contributed by atoms with Crippen molar-refractivity contribution in [3.63, 3.8) is 0 Å². The lowest BCUT2D eigenvalue weighted by Gasteiger charge is -2.30. The summed E-state index contributed by atoms with van der Waals surface area (Å²) in [6.45, 7) is 5.40. The van der Waals surface area contributed by atoms with Gasteiger partial charge in [0.1, 0.15) is 22.8 Å². The maximum Gasteiger partial charge on any atom is 0.259 e. The smallest absolute Gasteiger partial charge is 0.259 e. The van der Waals surface area contributed by atoms with Crippen molar-refractivity contribution in [2.45, 2.75) is 26.7 Å². The number of hydrogen-bond donors (Lipinski definition) is 0. The molecule has 1 aromatic carbocycles. The van der Waals surface area contributed by atoms with Crippen molar-refractivity contribution in [1.29, 1.82) is 0 Å². The van der Waals surface area contributed by atoms with Crippen LogP contribution in [0.15, 0.2) is 28.8 Å². The van der Waals surface area contributed by atoms with E-state index in [1.165, 1.54) is 12.1 Å². The topological polar surface area (TPSA) is 46.3 Å². The van der Waals surface area contributed by atoms with Crippen LogP contribution in [0.25, 0.3) is 11.3 Å². The van der Waals surface area contributed by atoms with E-state index >= 15 is 0 Å². The summed E-state index contributed by atoms with van der Waals surface area (Å²) in [5.74, 6) is 0.687. The molecule has 1 aliphatic heterocycles. The average molecular weight is 302 g/mol. The standard InChI is InChI=1S/C17H19FN2O2/c1-11-6-8-20(9-7-11)17(21)15-12(2)22-19-16(15)13-4-3-5-14(18)10-13/h3-5,10-11H,6-9H2,1-2H3. The van der Waals surface area contributed by atoms with Crippen LogP contribution >= 0.6 is 0 Å². The molecule has 0 aliphatic carbocycles. The number of carbonyl (C=O) groups excluding carboxylic acids is 1. The van der Waals surface area contributed by atoms with Crippen LogP contribution in [-0.2, 0) is 0 Å². The molecule has 4 nitrogen and oxygen atoms in total. The van der Waals surface area contributed by atoms with E-state index < -0.39 is 0 Å². The molecular formula is C17H19FN2O2. The van der Waals surface area contributed by atoms with Crippen LogP contribution < -0.4 is 0 Å². The zero-order valence-electron chi connectivity index (χ0n) is 12.8. The number of aromatic nitrogens is 1.